The lowest BCUT2D eigenvalue weighted by Crippen LogP contribution is -2.40. The molecule has 14 heteroatoms. The van der Waals surface area contributed by atoms with Crippen LogP contribution in [0.4, 0.5) is 13.2 Å². The molecule has 0 atom stereocenters. The number of benzene rings is 2. The average molecular weight is 711 g/mol. The SMILES string of the molecule is CCOC(=O)CCc1nn(CC(=O)N(CCN(CC)CC)Cc2ccc(-c3ccc(C(F)(F)F)cc3)cc2)c(SCc2ccncc2)nc1=O. The third kappa shape index (κ3) is 11.2. The van der Waals surface area contributed by atoms with E-state index >= 15 is 0 Å². The molecule has 4 aromatic rings. The molecule has 10 nitrogen and oxygen atoms in total. The third-order valence-electron chi connectivity index (χ3n) is 7.99. The van der Waals surface area contributed by atoms with Crippen LogP contribution in [0, 0.1) is 0 Å². The van der Waals surface area contributed by atoms with E-state index in [2.05, 4.69) is 33.8 Å². The Balaban J connectivity index is 1.58. The molecule has 0 spiro atoms. The number of pyridine rings is 1. The first kappa shape index (κ1) is 38.2. The van der Waals surface area contributed by atoms with Gasteiger partial charge in [0.2, 0.25) is 5.91 Å². The minimum Gasteiger partial charge on any atom is -0.466 e. The van der Waals surface area contributed by atoms with Crippen LogP contribution in [0.5, 0.6) is 0 Å². The van der Waals surface area contributed by atoms with Gasteiger partial charge in [-0.15, -0.1) is 0 Å². The summed E-state index contributed by atoms with van der Waals surface area (Å²) >= 11 is 1.27. The fourth-order valence-corrected chi connectivity index (χ4v) is 5.97. The fraction of sp³-hybridized carbons (Fsp3) is 0.389. The number of esters is 1. The number of amides is 1. The number of aromatic nitrogens is 4. The van der Waals surface area contributed by atoms with Gasteiger partial charge in [-0.1, -0.05) is 62.0 Å². The van der Waals surface area contributed by atoms with Gasteiger partial charge in [-0.2, -0.15) is 23.3 Å². The minimum absolute atomic E-state index is 0.0190. The van der Waals surface area contributed by atoms with Crippen LogP contribution < -0.4 is 5.56 Å². The molecule has 0 radical (unpaired) electrons. The van der Waals surface area contributed by atoms with E-state index in [9.17, 15) is 27.6 Å². The molecule has 0 aliphatic rings. The molecule has 2 heterocycles. The quantitative estimate of drug-likeness (QED) is 0.0981. The van der Waals surface area contributed by atoms with E-state index in [1.165, 1.54) is 28.6 Å². The highest BCUT2D eigenvalue weighted by atomic mass is 32.2. The Morgan fingerprint density at radius 3 is 2.12 bits per heavy atom. The number of alkyl halides is 3. The Hall–Kier alpha value is -4.56. The minimum atomic E-state index is -4.41. The number of nitrogens with zero attached hydrogens (tertiary/aromatic N) is 6. The highest BCUT2D eigenvalue weighted by Gasteiger charge is 2.30. The normalized spacial score (nSPS) is 11.5. The lowest BCUT2D eigenvalue weighted by Gasteiger charge is -2.27. The van der Waals surface area contributed by atoms with Gasteiger partial charge >= 0.3 is 12.1 Å². The lowest BCUT2D eigenvalue weighted by atomic mass is 10.0. The molecule has 0 bridgehead atoms. The summed E-state index contributed by atoms with van der Waals surface area (Å²) in [4.78, 5) is 51.2. The Labute approximate surface area is 293 Å². The van der Waals surface area contributed by atoms with Crippen molar-refractivity contribution >= 4 is 23.6 Å². The lowest BCUT2D eigenvalue weighted by molar-refractivity contribution is -0.143. The molecule has 0 aliphatic carbocycles. The fourth-order valence-electron chi connectivity index (χ4n) is 5.08. The molecule has 2 aromatic carbocycles. The average Bonchev–Trinajstić information content (AvgIpc) is 3.11. The molecule has 0 N–H and O–H groups in total. The number of aryl methyl sites for hydroxylation is 1. The van der Waals surface area contributed by atoms with Crippen molar-refractivity contribution in [1.82, 2.24) is 29.5 Å². The van der Waals surface area contributed by atoms with E-state index in [0.717, 1.165) is 41.9 Å². The first-order valence-electron chi connectivity index (χ1n) is 16.4. The van der Waals surface area contributed by atoms with Crippen molar-refractivity contribution in [2.45, 2.75) is 63.8 Å². The number of thioether (sulfide) groups is 1. The molecule has 0 fully saturated rings. The van der Waals surface area contributed by atoms with Crippen LogP contribution >= 0.6 is 11.8 Å². The number of hydrogen-bond acceptors (Lipinski definition) is 9. The third-order valence-corrected chi connectivity index (χ3v) is 9.02. The van der Waals surface area contributed by atoms with Gasteiger partial charge in [0.05, 0.1) is 18.6 Å². The van der Waals surface area contributed by atoms with Crippen molar-refractivity contribution in [3.63, 3.8) is 0 Å². The summed E-state index contributed by atoms with van der Waals surface area (Å²) in [6.45, 7) is 8.77. The zero-order chi connectivity index (χ0) is 36.1. The van der Waals surface area contributed by atoms with Gasteiger partial charge in [-0.3, -0.25) is 19.4 Å². The van der Waals surface area contributed by atoms with Gasteiger partial charge in [0.1, 0.15) is 12.2 Å². The van der Waals surface area contributed by atoms with Crippen LogP contribution in [0.25, 0.3) is 11.1 Å². The summed E-state index contributed by atoms with van der Waals surface area (Å²) in [6, 6.07) is 16.0. The largest absolute Gasteiger partial charge is 0.466 e. The number of carbonyl (C=O) groups excluding carboxylic acids is 2. The van der Waals surface area contributed by atoms with Gasteiger partial charge in [0.15, 0.2) is 5.16 Å². The zero-order valence-electron chi connectivity index (χ0n) is 28.4. The predicted octanol–water partition coefficient (Wildman–Crippen LogP) is 5.88. The van der Waals surface area contributed by atoms with Gasteiger partial charge in [0.25, 0.3) is 5.56 Å². The summed E-state index contributed by atoms with van der Waals surface area (Å²) in [5, 5.41) is 4.78. The smallest absolute Gasteiger partial charge is 0.416 e. The molecule has 0 saturated heterocycles. The van der Waals surface area contributed by atoms with Gasteiger partial charge in [-0.05, 0) is 66.5 Å². The van der Waals surface area contributed by atoms with Crippen LogP contribution in [-0.4, -0.2) is 74.2 Å². The van der Waals surface area contributed by atoms with Gasteiger partial charge in [-0.25, -0.2) is 4.68 Å². The molecule has 50 heavy (non-hydrogen) atoms. The summed E-state index contributed by atoms with van der Waals surface area (Å²) < 4.78 is 45.5. The number of carbonyl (C=O) groups is 2. The first-order valence-corrected chi connectivity index (χ1v) is 17.4. The maximum Gasteiger partial charge on any atom is 0.416 e. The molecule has 0 saturated carbocycles. The summed E-state index contributed by atoms with van der Waals surface area (Å²) in [6.07, 6.45) is -1.10. The summed E-state index contributed by atoms with van der Waals surface area (Å²) in [7, 11) is 0. The molecule has 1 amide bonds. The maximum absolute atomic E-state index is 14.0. The van der Waals surface area contributed by atoms with E-state index in [1.54, 1.807) is 24.2 Å². The second-order valence-corrected chi connectivity index (χ2v) is 12.3. The number of hydrogen-bond donors (Lipinski definition) is 0. The van der Waals surface area contributed by atoms with Crippen molar-refractivity contribution in [3.8, 4) is 11.1 Å². The highest BCUT2D eigenvalue weighted by Crippen LogP contribution is 2.31. The molecule has 0 aliphatic heterocycles. The van der Waals surface area contributed by atoms with Crippen LogP contribution in [0.15, 0.2) is 83.0 Å². The molecule has 0 unspecified atom stereocenters. The monoisotopic (exact) mass is 710 g/mol. The van der Waals surface area contributed by atoms with E-state index in [-0.39, 0.29) is 49.3 Å². The van der Waals surface area contributed by atoms with Crippen LogP contribution in [0.2, 0.25) is 0 Å². The molecule has 4 rings (SSSR count). The van der Waals surface area contributed by atoms with Crippen molar-refractivity contribution in [2.75, 3.05) is 32.8 Å². The number of halogens is 3. The van der Waals surface area contributed by atoms with E-state index in [0.29, 0.717) is 24.4 Å². The Morgan fingerprint density at radius 2 is 1.52 bits per heavy atom. The maximum atomic E-state index is 14.0. The Kier molecular flexibility index (Phi) is 14.1. The molecular formula is C36H41F3N6O4S. The van der Waals surface area contributed by atoms with E-state index < -0.39 is 23.3 Å². The van der Waals surface area contributed by atoms with Crippen molar-refractivity contribution in [3.05, 3.63) is 106 Å². The van der Waals surface area contributed by atoms with E-state index in [4.69, 9.17) is 4.74 Å². The second-order valence-electron chi connectivity index (χ2n) is 11.4. The van der Waals surface area contributed by atoms with Gasteiger partial charge < -0.3 is 14.5 Å². The Bertz CT molecular complexity index is 1750. The standard InChI is InChI=1S/C36H41F3N6O4S/c1-4-43(5-2)21-22-44(23-26-7-9-28(10-8-26)29-11-13-30(14-12-29)36(37,38)39)32(46)24-45-35(50-25-27-17-19-40-20-18-27)41-34(48)31(42-45)15-16-33(47)49-6-3/h7-14,17-20H,4-6,15-16,21-25H2,1-3H3. The zero-order valence-corrected chi connectivity index (χ0v) is 29.2. The number of ether oxygens (including phenoxy) is 1. The second kappa shape index (κ2) is 18.4. The first-order chi connectivity index (χ1) is 24.0. The number of rotatable bonds is 17. The van der Waals surface area contributed by atoms with Crippen LogP contribution in [0.3, 0.4) is 0 Å². The Morgan fingerprint density at radius 1 is 0.880 bits per heavy atom. The van der Waals surface area contributed by atoms with Crippen molar-refractivity contribution < 1.29 is 27.5 Å². The number of likely N-dealkylation sites (N-methyl/N-ethyl adjacent to an activating group) is 1. The van der Waals surface area contributed by atoms with Crippen LogP contribution in [0.1, 0.15) is 49.6 Å². The van der Waals surface area contributed by atoms with Gasteiger partial charge in [0, 0.05) is 44.2 Å². The summed E-state index contributed by atoms with van der Waals surface area (Å²) in [5.74, 6) is -0.243. The molecular weight excluding hydrogens is 669 g/mol. The van der Waals surface area contributed by atoms with Crippen molar-refractivity contribution in [2.24, 2.45) is 0 Å². The van der Waals surface area contributed by atoms with Crippen molar-refractivity contribution in [1.29, 1.82) is 0 Å². The van der Waals surface area contributed by atoms with E-state index in [1.807, 2.05) is 36.4 Å². The summed E-state index contributed by atoms with van der Waals surface area (Å²) in [5.41, 5.74) is 1.96. The van der Waals surface area contributed by atoms with Crippen LogP contribution in [-0.2, 0) is 45.8 Å². The molecule has 2 aromatic heterocycles. The molecule has 266 valence electrons. The predicted molar refractivity (Wildman–Crippen MR) is 185 cm³/mol. The highest BCUT2D eigenvalue weighted by molar-refractivity contribution is 7.98. The topological polar surface area (TPSA) is 111 Å².